The Morgan fingerprint density at radius 3 is 2.89 bits per heavy atom. The van der Waals surface area contributed by atoms with Crippen LogP contribution in [0, 0.1) is 13.8 Å². The summed E-state index contributed by atoms with van der Waals surface area (Å²) in [6.45, 7) is 4.09. The van der Waals surface area contributed by atoms with Gasteiger partial charge in [-0.3, -0.25) is 4.79 Å². The zero-order valence-electron chi connectivity index (χ0n) is 10.2. The maximum atomic E-state index is 11.0. The number of esters is 1. The van der Waals surface area contributed by atoms with Gasteiger partial charge in [0.2, 0.25) is 0 Å². The monoisotopic (exact) mass is 284 g/mol. The van der Waals surface area contributed by atoms with E-state index in [2.05, 4.69) is 14.9 Å². The minimum absolute atomic E-state index is 0.167. The predicted octanol–water partition coefficient (Wildman–Crippen LogP) is 2.68. The van der Waals surface area contributed by atoms with Crippen molar-refractivity contribution in [1.82, 2.24) is 10.2 Å². The Morgan fingerprint density at radius 2 is 2.28 bits per heavy atom. The fourth-order valence-electron chi connectivity index (χ4n) is 1.23. The standard InChI is InChI=1S/C11H12N2O3S2/c1-6-4-8(18-7(6)2)10-12-13-11(16-10)17-5-9(14)15-3/h4H,5H2,1-3H3. The molecule has 0 radical (unpaired) electrons. The normalized spacial score (nSPS) is 10.6. The summed E-state index contributed by atoms with van der Waals surface area (Å²) in [5, 5.41) is 8.22. The van der Waals surface area contributed by atoms with E-state index in [1.807, 2.05) is 19.9 Å². The average Bonchev–Trinajstić information content (AvgIpc) is 2.94. The molecule has 0 aliphatic rings. The third-order valence-electron chi connectivity index (χ3n) is 2.32. The van der Waals surface area contributed by atoms with Gasteiger partial charge in [-0.15, -0.1) is 21.5 Å². The SMILES string of the molecule is COC(=O)CSc1nnc(-c2cc(C)c(C)s2)o1. The molecule has 0 unspecified atom stereocenters. The van der Waals surface area contributed by atoms with E-state index < -0.39 is 0 Å². The van der Waals surface area contributed by atoms with Crippen molar-refractivity contribution in [2.75, 3.05) is 12.9 Å². The molecule has 7 heteroatoms. The molecule has 5 nitrogen and oxygen atoms in total. The van der Waals surface area contributed by atoms with Gasteiger partial charge in [0.1, 0.15) is 5.75 Å². The van der Waals surface area contributed by atoms with Crippen molar-refractivity contribution in [3.05, 3.63) is 16.5 Å². The second kappa shape index (κ2) is 5.53. The summed E-state index contributed by atoms with van der Waals surface area (Å²) in [5.41, 5.74) is 1.21. The smallest absolute Gasteiger partial charge is 0.316 e. The molecule has 0 aromatic carbocycles. The number of aryl methyl sites for hydroxylation is 2. The first-order chi connectivity index (χ1) is 8.60. The molecule has 0 aliphatic carbocycles. The highest BCUT2D eigenvalue weighted by Gasteiger charge is 2.13. The Hall–Kier alpha value is -1.34. The van der Waals surface area contributed by atoms with Gasteiger partial charge in [0.05, 0.1) is 12.0 Å². The molecule has 0 saturated heterocycles. The van der Waals surface area contributed by atoms with Gasteiger partial charge < -0.3 is 9.15 Å². The summed E-state index contributed by atoms with van der Waals surface area (Å²) >= 11 is 2.78. The van der Waals surface area contributed by atoms with Crippen LogP contribution in [-0.2, 0) is 9.53 Å². The van der Waals surface area contributed by atoms with Crippen LogP contribution >= 0.6 is 23.1 Å². The van der Waals surface area contributed by atoms with Crippen molar-refractivity contribution in [2.45, 2.75) is 19.1 Å². The van der Waals surface area contributed by atoms with Crippen molar-refractivity contribution in [3.8, 4) is 10.8 Å². The Labute approximate surface area is 113 Å². The van der Waals surface area contributed by atoms with Crippen LogP contribution in [-0.4, -0.2) is 29.0 Å². The molecule has 18 heavy (non-hydrogen) atoms. The number of hydrogen-bond acceptors (Lipinski definition) is 7. The lowest BCUT2D eigenvalue weighted by Crippen LogP contribution is -2.02. The molecule has 2 aromatic heterocycles. The van der Waals surface area contributed by atoms with Crippen LogP contribution < -0.4 is 0 Å². The van der Waals surface area contributed by atoms with Crippen LogP contribution in [0.2, 0.25) is 0 Å². The van der Waals surface area contributed by atoms with E-state index in [-0.39, 0.29) is 11.7 Å². The molecule has 0 aliphatic heterocycles. The molecular weight excluding hydrogens is 272 g/mol. The Bertz CT molecular complexity index is 543. The van der Waals surface area contributed by atoms with Gasteiger partial charge in [0.25, 0.3) is 11.1 Å². The van der Waals surface area contributed by atoms with Crippen molar-refractivity contribution >= 4 is 29.1 Å². The number of carbonyl (C=O) groups is 1. The number of ether oxygens (including phenoxy) is 1. The first kappa shape index (κ1) is 13.1. The van der Waals surface area contributed by atoms with Gasteiger partial charge in [0.15, 0.2) is 0 Å². The van der Waals surface area contributed by atoms with Crippen LogP contribution in [0.1, 0.15) is 10.4 Å². The van der Waals surface area contributed by atoms with Crippen LogP contribution in [0.25, 0.3) is 10.8 Å². The van der Waals surface area contributed by atoms with Gasteiger partial charge in [-0.2, -0.15) is 0 Å². The second-order valence-corrected chi connectivity index (χ2v) is 5.77. The second-order valence-electron chi connectivity index (χ2n) is 3.59. The largest absolute Gasteiger partial charge is 0.468 e. The zero-order valence-corrected chi connectivity index (χ0v) is 11.9. The highest BCUT2D eigenvalue weighted by atomic mass is 32.2. The number of hydrogen-bond donors (Lipinski definition) is 0. The number of methoxy groups -OCH3 is 1. The Balaban J connectivity index is 2.08. The van der Waals surface area contributed by atoms with E-state index in [0.717, 1.165) is 4.88 Å². The summed E-state index contributed by atoms with van der Waals surface area (Å²) in [6, 6.07) is 2.02. The first-order valence-corrected chi connectivity index (χ1v) is 7.01. The quantitative estimate of drug-likeness (QED) is 0.635. The molecule has 0 N–H and O–H groups in total. The molecule has 2 aromatic rings. The van der Waals surface area contributed by atoms with Crippen molar-refractivity contribution in [3.63, 3.8) is 0 Å². The number of carbonyl (C=O) groups excluding carboxylic acids is 1. The summed E-state index contributed by atoms with van der Waals surface area (Å²) in [7, 11) is 1.35. The van der Waals surface area contributed by atoms with Gasteiger partial charge in [-0.05, 0) is 25.5 Å². The molecule has 0 atom stereocenters. The van der Waals surface area contributed by atoms with E-state index in [0.29, 0.717) is 11.1 Å². The molecule has 0 bridgehead atoms. The number of rotatable bonds is 4. The van der Waals surface area contributed by atoms with E-state index in [9.17, 15) is 4.79 Å². The zero-order chi connectivity index (χ0) is 13.1. The number of nitrogens with zero attached hydrogens (tertiary/aromatic N) is 2. The lowest BCUT2D eigenvalue weighted by Gasteiger charge is -1.93. The summed E-state index contributed by atoms with van der Waals surface area (Å²) in [5.74, 6) is 0.340. The molecular formula is C11H12N2O3S2. The van der Waals surface area contributed by atoms with E-state index >= 15 is 0 Å². The number of thioether (sulfide) groups is 1. The molecule has 96 valence electrons. The fraction of sp³-hybridized carbons (Fsp3) is 0.364. The fourth-order valence-corrected chi connectivity index (χ4v) is 2.78. The minimum atomic E-state index is -0.317. The van der Waals surface area contributed by atoms with Crippen LogP contribution in [0.15, 0.2) is 15.7 Å². The first-order valence-electron chi connectivity index (χ1n) is 5.20. The molecule has 2 rings (SSSR count). The number of thiophene rings is 1. The van der Waals surface area contributed by atoms with Crippen LogP contribution in [0.5, 0.6) is 0 Å². The molecule has 0 fully saturated rings. The van der Waals surface area contributed by atoms with Crippen molar-refractivity contribution in [1.29, 1.82) is 0 Å². The van der Waals surface area contributed by atoms with Crippen LogP contribution in [0.4, 0.5) is 0 Å². The van der Waals surface area contributed by atoms with Gasteiger partial charge in [0, 0.05) is 4.88 Å². The molecule has 0 amide bonds. The molecule has 2 heterocycles. The average molecular weight is 284 g/mol. The lowest BCUT2D eigenvalue weighted by molar-refractivity contribution is -0.137. The van der Waals surface area contributed by atoms with Crippen molar-refractivity contribution in [2.24, 2.45) is 0 Å². The van der Waals surface area contributed by atoms with E-state index in [1.165, 1.54) is 29.3 Å². The highest BCUT2D eigenvalue weighted by Crippen LogP contribution is 2.31. The van der Waals surface area contributed by atoms with Gasteiger partial charge in [-0.25, -0.2) is 0 Å². The summed E-state index contributed by atoms with van der Waals surface area (Å²) in [4.78, 5) is 13.2. The molecule has 0 spiro atoms. The van der Waals surface area contributed by atoms with Gasteiger partial charge in [-0.1, -0.05) is 11.8 Å². The highest BCUT2D eigenvalue weighted by molar-refractivity contribution is 7.99. The lowest BCUT2D eigenvalue weighted by atomic mass is 10.3. The topological polar surface area (TPSA) is 65.2 Å². The predicted molar refractivity (Wildman–Crippen MR) is 69.8 cm³/mol. The Morgan fingerprint density at radius 1 is 1.50 bits per heavy atom. The summed E-state index contributed by atoms with van der Waals surface area (Å²) < 4.78 is 10.0. The molecule has 0 saturated carbocycles. The van der Waals surface area contributed by atoms with Crippen molar-refractivity contribution < 1.29 is 13.9 Å². The van der Waals surface area contributed by atoms with E-state index in [1.54, 1.807) is 11.3 Å². The maximum absolute atomic E-state index is 11.0. The number of aromatic nitrogens is 2. The van der Waals surface area contributed by atoms with E-state index in [4.69, 9.17) is 4.42 Å². The third-order valence-corrected chi connectivity index (χ3v) is 4.26. The Kier molecular flexibility index (Phi) is 4.03. The van der Waals surface area contributed by atoms with Crippen LogP contribution in [0.3, 0.4) is 0 Å². The third kappa shape index (κ3) is 2.91. The maximum Gasteiger partial charge on any atom is 0.316 e. The minimum Gasteiger partial charge on any atom is -0.468 e. The summed E-state index contributed by atoms with van der Waals surface area (Å²) in [6.07, 6.45) is 0. The van der Waals surface area contributed by atoms with Gasteiger partial charge >= 0.3 is 5.97 Å².